The zero-order valence-corrected chi connectivity index (χ0v) is 11.4. The normalized spacial score (nSPS) is 10.7. The standard InChI is InChI=1S/C13H19N5O/c1-9-5-4-6-10-11(9)18(3)17-12(10)16-13(19)15-8-7-14-2/h4-6,14H,7-8H2,1-3H3,(H2,15,16,17,19). The number of urea groups is 1. The van der Waals surface area contributed by atoms with Crippen LogP contribution in [-0.4, -0.2) is 35.9 Å². The molecule has 0 spiro atoms. The predicted octanol–water partition coefficient (Wildman–Crippen LogP) is 1.22. The molecule has 0 aliphatic carbocycles. The number of rotatable bonds is 4. The van der Waals surface area contributed by atoms with Crippen LogP contribution < -0.4 is 16.0 Å². The Morgan fingerprint density at radius 3 is 2.89 bits per heavy atom. The number of carbonyl (C=O) groups excluding carboxylic acids is 1. The van der Waals surface area contributed by atoms with Crippen LogP contribution in [0.25, 0.3) is 10.9 Å². The summed E-state index contributed by atoms with van der Waals surface area (Å²) in [6.07, 6.45) is 0. The number of nitrogens with zero attached hydrogens (tertiary/aromatic N) is 2. The lowest BCUT2D eigenvalue weighted by Gasteiger charge is -2.05. The molecule has 3 N–H and O–H groups in total. The molecule has 0 unspecified atom stereocenters. The van der Waals surface area contributed by atoms with Crippen LogP contribution >= 0.6 is 0 Å². The molecule has 0 aliphatic rings. The molecule has 1 aromatic carbocycles. The number of aromatic nitrogens is 2. The Bertz CT molecular complexity index is 590. The van der Waals surface area contributed by atoms with Crippen molar-refractivity contribution in [1.82, 2.24) is 20.4 Å². The Kier molecular flexibility index (Phi) is 4.01. The number of nitrogens with one attached hydrogen (secondary N) is 3. The molecule has 0 saturated carbocycles. The third-order valence-electron chi connectivity index (χ3n) is 2.96. The maximum atomic E-state index is 11.7. The fourth-order valence-electron chi connectivity index (χ4n) is 2.08. The van der Waals surface area contributed by atoms with Gasteiger partial charge in [0.15, 0.2) is 5.82 Å². The Balaban J connectivity index is 2.17. The third kappa shape index (κ3) is 2.85. The van der Waals surface area contributed by atoms with Gasteiger partial charge in [-0.2, -0.15) is 5.10 Å². The summed E-state index contributed by atoms with van der Waals surface area (Å²) < 4.78 is 1.79. The number of benzene rings is 1. The molecule has 102 valence electrons. The second kappa shape index (κ2) is 5.71. The van der Waals surface area contributed by atoms with Crippen molar-refractivity contribution in [2.24, 2.45) is 7.05 Å². The number of fused-ring (bicyclic) bond motifs is 1. The molecule has 2 aromatic rings. The van der Waals surface area contributed by atoms with Crippen molar-refractivity contribution in [3.8, 4) is 0 Å². The minimum atomic E-state index is -0.239. The molecule has 1 heterocycles. The van der Waals surface area contributed by atoms with Crippen LogP contribution in [0.1, 0.15) is 5.56 Å². The number of amides is 2. The van der Waals surface area contributed by atoms with Crippen molar-refractivity contribution in [3.63, 3.8) is 0 Å². The van der Waals surface area contributed by atoms with E-state index in [1.807, 2.05) is 39.2 Å². The van der Waals surface area contributed by atoms with Crippen LogP contribution in [0, 0.1) is 6.92 Å². The van der Waals surface area contributed by atoms with Crippen molar-refractivity contribution in [3.05, 3.63) is 23.8 Å². The Morgan fingerprint density at radius 1 is 1.37 bits per heavy atom. The van der Waals surface area contributed by atoms with E-state index < -0.39 is 0 Å². The van der Waals surface area contributed by atoms with Gasteiger partial charge in [-0.3, -0.25) is 10.00 Å². The Morgan fingerprint density at radius 2 is 2.16 bits per heavy atom. The highest BCUT2D eigenvalue weighted by molar-refractivity contribution is 6.00. The molecule has 6 nitrogen and oxygen atoms in total. The van der Waals surface area contributed by atoms with Crippen LogP contribution in [0.2, 0.25) is 0 Å². The highest BCUT2D eigenvalue weighted by Gasteiger charge is 2.12. The number of aryl methyl sites for hydroxylation is 2. The van der Waals surface area contributed by atoms with Gasteiger partial charge < -0.3 is 10.6 Å². The molecule has 2 amide bonds. The average molecular weight is 261 g/mol. The summed E-state index contributed by atoms with van der Waals surface area (Å²) in [6, 6.07) is 5.71. The zero-order valence-electron chi connectivity index (χ0n) is 11.4. The average Bonchev–Trinajstić information content (AvgIpc) is 2.68. The third-order valence-corrected chi connectivity index (χ3v) is 2.96. The first-order chi connectivity index (χ1) is 9.13. The van der Waals surface area contributed by atoms with Crippen LogP contribution in [0.15, 0.2) is 18.2 Å². The summed E-state index contributed by atoms with van der Waals surface area (Å²) in [5.74, 6) is 0.586. The molecule has 6 heteroatoms. The minimum Gasteiger partial charge on any atom is -0.337 e. The first-order valence-electron chi connectivity index (χ1n) is 6.25. The molecule has 19 heavy (non-hydrogen) atoms. The topological polar surface area (TPSA) is 71.0 Å². The number of anilines is 1. The van der Waals surface area contributed by atoms with Crippen molar-refractivity contribution < 1.29 is 4.79 Å². The Labute approximate surface area is 112 Å². The molecule has 0 atom stereocenters. The lowest BCUT2D eigenvalue weighted by atomic mass is 10.1. The lowest BCUT2D eigenvalue weighted by Crippen LogP contribution is -2.34. The maximum Gasteiger partial charge on any atom is 0.320 e. The van der Waals surface area contributed by atoms with Gasteiger partial charge in [-0.1, -0.05) is 12.1 Å². The second-order valence-corrected chi connectivity index (χ2v) is 4.43. The van der Waals surface area contributed by atoms with Crippen molar-refractivity contribution in [2.45, 2.75) is 6.92 Å². The highest BCUT2D eigenvalue weighted by Crippen LogP contribution is 2.24. The lowest BCUT2D eigenvalue weighted by molar-refractivity contribution is 0.252. The van der Waals surface area contributed by atoms with E-state index >= 15 is 0 Å². The fourth-order valence-corrected chi connectivity index (χ4v) is 2.08. The van der Waals surface area contributed by atoms with Gasteiger partial charge in [0.05, 0.1) is 5.52 Å². The number of likely N-dealkylation sites (N-methyl/N-ethyl adjacent to an activating group) is 1. The fraction of sp³-hybridized carbons (Fsp3) is 0.385. The van der Waals surface area contributed by atoms with Crippen LogP contribution in [0.5, 0.6) is 0 Å². The summed E-state index contributed by atoms with van der Waals surface area (Å²) in [5.41, 5.74) is 2.17. The molecular weight excluding hydrogens is 242 g/mol. The first kappa shape index (κ1) is 13.4. The van der Waals surface area contributed by atoms with Gasteiger partial charge in [-0.05, 0) is 25.6 Å². The molecule has 0 saturated heterocycles. The predicted molar refractivity (Wildman–Crippen MR) is 76.4 cm³/mol. The molecule has 2 rings (SSSR count). The summed E-state index contributed by atoms with van der Waals surface area (Å²) in [7, 11) is 3.72. The quantitative estimate of drug-likeness (QED) is 0.725. The van der Waals surface area contributed by atoms with Crippen LogP contribution in [-0.2, 0) is 7.05 Å². The largest absolute Gasteiger partial charge is 0.337 e. The molecule has 1 aromatic heterocycles. The number of para-hydroxylation sites is 1. The monoisotopic (exact) mass is 261 g/mol. The number of hydrogen-bond acceptors (Lipinski definition) is 3. The van der Waals surface area contributed by atoms with E-state index in [0.29, 0.717) is 12.4 Å². The molecular formula is C13H19N5O. The van der Waals surface area contributed by atoms with Crippen molar-refractivity contribution >= 4 is 22.8 Å². The van der Waals surface area contributed by atoms with Gasteiger partial charge in [-0.25, -0.2) is 4.79 Å². The Hall–Kier alpha value is -2.08. The highest BCUT2D eigenvalue weighted by atomic mass is 16.2. The van der Waals surface area contributed by atoms with Gasteiger partial charge in [0.25, 0.3) is 0 Å². The summed E-state index contributed by atoms with van der Waals surface area (Å²) in [5, 5.41) is 13.8. The summed E-state index contributed by atoms with van der Waals surface area (Å²) in [4.78, 5) is 11.7. The molecule has 0 fully saturated rings. The van der Waals surface area contributed by atoms with Crippen LogP contribution in [0.3, 0.4) is 0 Å². The van der Waals surface area contributed by atoms with Gasteiger partial charge in [0, 0.05) is 25.5 Å². The van der Waals surface area contributed by atoms with Crippen LogP contribution in [0.4, 0.5) is 10.6 Å². The van der Waals surface area contributed by atoms with Crippen molar-refractivity contribution in [1.29, 1.82) is 0 Å². The van der Waals surface area contributed by atoms with Gasteiger partial charge in [0.1, 0.15) is 0 Å². The number of carbonyl (C=O) groups is 1. The van der Waals surface area contributed by atoms with E-state index in [2.05, 4.69) is 21.0 Å². The number of hydrogen-bond donors (Lipinski definition) is 3. The molecule has 0 bridgehead atoms. The minimum absolute atomic E-state index is 0.239. The SMILES string of the molecule is CNCCNC(=O)Nc1nn(C)c2c(C)cccc12. The van der Waals surface area contributed by atoms with E-state index in [4.69, 9.17) is 0 Å². The van der Waals surface area contributed by atoms with Crippen molar-refractivity contribution in [2.75, 3.05) is 25.5 Å². The summed E-state index contributed by atoms with van der Waals surface area (Å²) in [6.45, 7) is 3.34. The van der Waals surface area contributed by atoms with E-state index in [1.165, 1.54) is 0 Å². The zero-order chi connectivity index (χ0) is 13.8. The van der Waals surface area contributed by atoms with Gasteiger partial charge in [0.2, 0.25) is 0 Å². The van der Waals surface area contributed by atoms with E-state index in [1.54, 1.807) is 4.68 Å². The summed E-state index contributed by atoms with van der Waals surface area (Å²) >= 11 is 0. The molecule has 0 aliphatic heterocycles. The first-order valence-corrected chi connectivity index (χ1v) is 6.25. The smallest absolute Gasteiger partial charge is 0.320 e. The van der Waals surface area contributed by atoms with Gasteiger partial charge >= 0.3 is 6.03 Å². The van der Waals surface area contributed by atoms with Gasteiger partial charge in [-0.15, -0.1) is 0 Å². The van der Waals surface area contributed by atoms with E-state index in [9.17, 15) is 4.79 Å². The van der Waals surface area contributed by atoms with E-state index in [0.717, 1.165) is 23.0 Å². The molecule has 0 radical (unpaired) electrons. The second-order valence-electron chi connectivity index (χ2n) is 4.43. The van der Waals surface area contributed by atoms with E-state index in [-0.39, 0.29) is 6.03 Å². The maximum absolute atomic E-state index is 11.7.